The molecule has 0 aromatic carbocycles. The molecule has 0 spiro atoms. The molecule has 0 bridgehead atoms. The van der Waals surface area contributed by atoms with E-state index < -0.39 is 0 Å². The Bertz CT molecular complexity index is 261. The number of hydrogen-bond acceptors (Lipinski definition) is 4. The van der Waals surface area contributed by atoms with Crippen molar-refractivity contribution in [3.8, 4) is 0 Å². The van der Waals surface area contributed by atoms with Gasteiger partial charge in [0.1, 0.15) is 0 Å². The molecule has 1 aliphatic heterocycles. The number of rotatable bonds is 5. The molecule has 4 nitrogen and oxygen atoms in total. The van der Waals surface area contributed by atoms with E-state index in [1.54, 1.807) is 0 Å². The van der Waals surface area contributed by atoms with Gasteiger partial charge < -0.3 is 16.0 Å². The van der Waals surface area contributed by atoms with Gasteiger partial charge in [0.05, 0.1) is 0 Å². The van der Waals surface area contributed by atoms with Crippen LogP contribution in [0.25, 0.3) is 0 Å². The molecule has 1 saturated heterocycles. The van der Waals surface area contributed by atoms with Crippen molar-refractivity contribution in [2.75, 3.05) is 39.8 Å². The number of nitrogens with one attached hydrogen (secondary N) is 1. The average molecular weight is 268 g/mol. The molecule has 3 unspecified atom stereocenters. The first-order chi connectivity index (χ1) is 9.06. The lowest BCUT2D eigenvalue weighted by atomic mass is 10.0. The van der Waals surface area contributed by atoms with Crippen molar-refractivity contribution in [2.45, 2.75) is 51.2 Å². The van der Waals surface area contributed by atoms with Crippen LogP contribution in [0.2, 0.25) is 0 Å². The molecule has 2 fully saturated rings. The summed E-state index contributed by atoms with van der Waals surface area (Å²) >= 11 is 0. The van der Waals surface area contributed by atoms with Crippen LogP contribution in [0.3, 0.4) is 0 Å². The van der Waals surface area contributed by atoms with Crippen molar-refractivity contribution >= 4 is 0 Å². The van der Waals surface area contributed by atoms with E-state index in [-0.39, 0.29) is 0 Å². The molecular formula is C15H32N4. The fourth-order valence-corrected chi connectivity index (χ4v) is 3.43. The Morgan fingerprint density at radius 2 is 1.84 bits per heavy atom. The fourth-order valence-electron chi connectivity index (χ4n) is 3.43. The zero-order chi connectivity index (χ0) is 13.8. The van der Waals surface area contributed by atoms with Gasteiger partial charge in [0.25, 0.3) is 0 Å². The Hall–Kier alpha value is -0.160. The van der Waals surface area contributed by atoms with E-state index in [4.69, 9.17) is 5.73 Å². The number of nitrogens with zero attached hydrogens (tertiary/aromatic N) is 2. The monoisotopic (exact) mass is 268 g/mol. The van der Waals surface area contributed by atoms with E-state index in [0.29, 0.717) is 24.0 Å². The highest BCUT2D eigenvalue weighted by Gasteiger charge is 2.27. The van der Waals surface area contributed by atoms with Gasteiger partial charge in [-0.15, -0.1) is 0 Å². The van der Waals surface area contributed by atoms with Crippen LogP contribution in [0.5, 0.6) is 0 Å². The quantitative estimate of drug-likeness (QED) is 0.771. The Balaban J connectivity index is 1.79. The second-order valence-corrected chi connectivity index (χ2v) is 6.83. The molecule has 19 heavy (non-hydrogen) atoms. The van der Waals surface area contributed by atoms with Gasteiger partial charge in [0, 0.05) is 50.8 Å². The van der Waals surface area contributed by atoms with Crippen LogP contribution >= 0.6 is 0 Å². The molecule has 2 aliphatic rings. The van der Waals surface area contributed by atoms with Gasteiger partial charge in [-0.2, -0.15) is 0 Å². The smallest absolute Gasteiger partial charge is 0.0244 e. The van der Waals surface area contributed by atoms with E-state index in [0.717, 1.165) is 13.0 Å². The van der Waals surface area contributed by atoms with Crippen LogP contribution in [-0.2, 0) is 0 Å². The second-order valence-electron chi connectivity index (χ2n) is 6.83. The predicted molar refractivity (Wildman–Crippen MR) is 81.3 cm³/mol. The van der Waals surface area contributed by atoms with Crippen molar-refractivity contribution < 1.29 is 0 Å². The highest BCUT2D eigenvalue weighted by atomic mass is 15.3. The van der Waals surface area contributed by atoms with Crippen molar-refractivity contribution in [2.24, 2.45) is 11.7 Å². The van der Waals surface area contributed by atoms with Gasteiger partial charge in [-0.05, 0) is 32.2 Å². The van der Waals surface area contributed by atoms with E-state index in [1.165, 1.54) is 39.0 Å². The molecule has 0 radical (unpaired) electrons. The predicted octanol–water partition coefficient (Wildman–Crippen LogP) is 0.728. The third-order valence-electron chi connectivity index (χ3n) is 4.87. The Kier molecular flexibility index (Phi) is 5.63. The van der Waals surface area contributed by atoms with E-state index in [1.807, 2.05) is 0 Å². The van der Waals surface area contributed by atoms with Crippen LogP contribution in [0.1, 0.15) is 33.1 Å². The van der Waals surface area contributed by atoms with Crippen LogP contribution in [0.15, 0.2) is 0 Å². The van der Waals surface area contributed by atoms with Gasteiger partial charge in [-0.3, -0.25) is 4.90 Å². The highest BCUT2D eigenvalue weighted by molar-refractivity contribution is 4.86. The minimum Gasteiger partial charge on any atom is -0.328 e. The van der Waals surface area contributed by atoms with Gasteiger partial charge in [0.15, 0.2) is 0 Å². The molecule has 1 saturated carbocycles. The first-order valence-corrected chi connectivity index (χ1v) is 7.98. The zero-order valence-electron chi connectivity index (χ0n) is 12.9. The number of nitrogens with two attached hydrogens (primary N) is 1. The molecule has 4 heteroatoms. The van der Waals surface area contributed by atoms with Gasteiger partial charge in [-0.1, -0.05) is 13.8 Å². The normalized spacial score (nSPS) is 32.1. The molecule has 2 rings (SSSR count). The Morgan fingerprint density at radius 3 is 2.37 bits per heavy atom. The summed E-state index contributed by atoms with van der Waals surface area (Å²) < 4.78 is 0. The first-order valence-electron chi connectivity index (χ1n) is 7.98. The summed E-state index contributed by atoms with van der Waals surface area (Å²) in [5, 5.41) is 3.77. The molecule has 3 atom stereocenters. The largest absolute Gasteiger partial charge is 0.328 e. The van der Waals surface area contributed by atoms with Crippen molar-refractivity contribution in [3.63, 3.8) is 0 Å². The van der Waals surface area contributed by atoms with Crippen LogP contribution in [0.4, 0.5) is 0 Å². The first kappa shape index (κ1) is 15.2. The minimum absolute atomic E-state index is 0.429. The van der Waals surface area contributed by atoms with Crippen LogP contribution in [0, 0.1) is 5.92 Å². The number of hydrogen-bond donors (Lipinski definition) is 2. The number of piperazine rings is 1. The standard InChI is InChI=1S/C15H32N4/c1-12(2)15(19-8-6-18(3)7-9-19)11-17-14-5-4-13(16)10-14/h12-15,17H,4-11,16H2,1-3H3. The summed E-state index contributed by atoms with van der Waals surface area (Å²) in [6.07, 6.45) is 3.61. The van der Waals surface area contributed by atoms with Gasteiger partial charge >= 0.3 is 0 Å². The maximum Gasteiger partial charge on any atom is 0.0244 e. The molecular weight excluding hydrogens is 236 g/mol. The van der Waals surface area contributed by atoms with Gasteiger partial charge in [-0.25, -0.2) is 0 Å². The van der Waals surface area contributed by atoms with Crippen LogP contribution < -0.4 is 11.1 Å². The molecule has 1 heterocycles. The topological polar surface area (TPSA) is 44.5 Å². The Labute approximate surface area is 118 Å². The fraction of sp³-hybridized carbons (Fsp3) is 1.00. The van der Waals surface area contributed by atoms with Crippen LogP contribution in [-0.4, -0.2) is 67.7 Å². The van der Waals surface area contributed by atoms with Crippen molar-refractivity contribution in [3.05, 3.63) is 0 Å². The van der Waals surface area contributed by atoms with Crippen molar-refractivity contribution in [1.29, 1.82) is 0 Å². The molecule has 0 aromatic heterocycles. The summed E-state index contributed by atoms with van der Waals surface area (Å²) in [4.78, 5) is 5.10. The Morgan fingerprint density at radius 1 is 1.16 bits per heavy atom. The lowest BCUT2D eigenvalue weighted by molar-refractivity contribution is 0.0861. The third-order valence-corrected chi connectivity index (χ3v) is 4.87. The SMILES string of the molecule is CC(C)C(CNC1CCC(N)C1)N1CCN(C)CC1. The zero-order valence-corrected chi connectivity index (χ0v) is 12.9. The van der Waals surface area contributed by atoms with Crippen molar-refractivity contribution in [1.82, 2.24) is 15.1 Å². The maximum absolute atomic E-state index is 5.99. The summed E-state index contributed by atoms with van der Waals surface area (Å²) in [6, 6.07) is 1.76. The lowest BCUT2D eigenvalue weighted by Crippen LogP contribution is -2.54. The summed E-state index contributed by atoms with van der Waals surface area (Å²) in [6.45, 7) is 10.7. The van der Waals surface area contributed by atoms with E-state index >= 15 is 0 Å². The van der Waals surface area contributed by atoms with Gasteiger partial charge in [0.2, 0.25) is 0 Å². The molecule has 112 valence electrons. The molecule has 0 aromatic rings. The van der Waals surface area contributed by atoms with E-state index in [9.17, 15) is 0 Å². The van der Waals surface area contributed by atoms with E-state index in [2.05, 4.69) is 36.0 Å². The lowest BCUT2D eigenvalue weighted by Gasteiger charge is -2.40. The minimum atomic E-state index is 0.429. The molecule has 3 N–H and O–H groups in total. The summed E-state index contributed by atoms with van der Waals surface area (Å²) in [7, 11) is 2.22. The average Bonchev–Trinajstić information content (AvgIpc) is 2.77. The summed E-state index contributed by atoms with van der Waals surface area (Å²) in [5.41, 5.74) is 5.99. The number of likely N-dealkylation sites (N-methyl/N-ethyl adjacent to an activating group) is 1. The molecule has 0 amide bonds. The third kappa shape index (κ3) is 4.42. The highest BCUT2D eigenvalue weighted by Crippen LogP contribution is 2.18. The molecule has 1 aliphatic carbocycles. The second kappa shape index (κ2) is 7.02. The maximum atomic E-state index is 5.99. The summed E-state index contributed by atoms with van der Waals surface area (Å²) in [5.74, 6) is 0.714.